The van der Waals surface area contributed by atoms with Gasteiger partial charge in [0, 0.05) is 6.54 Å². The van der Waals surface area contributed by atoms with Crippen molar-refractivity contribution in [3.05, 3.63) is 71.8 Å². The van der Waals surface area contributed by atoms with Gasteiger partial charge in [0.15, 0.2) is 0 Å². The van der Waals surface area contributed by atoms with Gasteiger partial charge in [0.25, 0.3) is 0 Å². The SMILES string of the molecule is NC(=O)C1C2CCCCC2CN(C(=O)OCc2ccccc2)C1c1ccccc1. The molecule has 29 heavy (non-hydrogen) atoms. The predicted molar refractivity (Wildman–Crippen MR) is 111 cm³/mol. The Bertz CT molecular complexity index is 840. The summed E-state index contributed by atoms with van der Waals surface area (Å²) in [6, 6.07) is 19.0. The molecule has 0 spiro atoms. The number of carbonyl (C=O) groups excluding carboxylic acids is 2. The summed E-state index contributed by atoms with van der Waals surface area (Å²) >= 11 is 0. The minimum atomic E-state index is -0.388. The average Bonchev–Trinajstić information content (AvgIpc) is 2.77. The van der Waals surface area contributed by atoms with Crippen LogP contribution in [0, 0.1) is 17.8 Å². The molecule has 5 nitrogen and oxygen atoms in total. The predicted octanol–water partition coefficient (Wildman–Crippen LogP) is 4.29. The molecule has 2 amide bonds. The molecular formula is C24H28N2O3. The first kappa shape index (κ1) is 19.5. The van der Waals surface area contributed by atoms with Gasteiger partial charge in [0.1, 0.15) is 6.61 Å². The molecule has 1 saturated heterocycles. The average molecular weight is 392 g/mol. The van der Waals surface area contributed by atoms with Gasteiger partial charge in [0.2, 0.25) is 5.91 Å². The Morgan fingerprint density at radius 1 is 0.966 bits per heavy atom. The Hall–Kier alpha value is -2.82. The lowest BCUT2D eigenvalue weighted by Crippen LogP contribution is -2.55. The van der Waals surface area contributed by atoms with Gasteiger partial charge in [-0.05, 0) is 35.8 Å². The Balaban J connectivity index is 1.63. The van der Waals surface area contributed by atoms with Crippen molar-refractivity contribution in [1.82, 2.24) is 4.90 Å². The molecule has 2 aromatic rings. The molecule has 2 N–H and O–H groups in total. The van der Waals surface area contributed by atoms with Crippen molar-refractivity contribution in [3.8, 4) is 0 Å². The van der Waals surface area contributed by atoms with Gasteiger partial charge in [-0.1, -0.05) is 73.5 Å². The fourth-order valence-electron chi connectivity index (χ4n) is 5.12. The molecular weight excluding hydrogens is 364 g/mol. The van der Waals surface area contributed by atoms with Gasteiger partial charge < -0.3 is 15.4 Å². The van der Waals surface area contributed by atoms with E-state index in [4.69, 9.17) is 10.5 Å². The highest BCUT2D eigenvalue weighted by molar-refractivity contribution is 5.80. The zero-order valence-corrected chi connectivity index (χ0v) is 16.6. The second-order valence-electron chi connectivity index (χ2n) is 8.18. The zero-order valence-electron chi connectivity index (χ0n) is 16.6. The second-order valence-corrected chi connectivity index (χ2v) is 8.18. The van der Waals surface area contributed by atoms with E-state index in [1.807, 2.05) is 60.7 Å². The smallest absolute Gasteiger partial charge is 0.410 e. The van der Waals surface area contributed by atoms with Crippen LogP contribution in [0.5, 0.6) is 0 Å². The summed E-state index contributed by atoms with van der Waals surface area (Å²) in [7, 11) is 0. The number of rotatable bonds is 4. The number of primary amides is 1. The number of carbonyl (C=O) groups is 2. The summed E-state index contributed by atoms with van der Waals surface area (Å²) in [5.41, 5.74) is 7.79. The number of hydrogen-bond acceptors (Lipinski definition) is 3. The van der Waals surface area contributed by atoms with Crippen LogP contribution in [0.2, 0.25) is 0 Å². The highest BCUT2D eigenvalue weighted by atomic mass is 16.6. The molecule has 4 rings (SSSR count). The minimum absolute atomic E-state index is 0.215. The van der Waals surface area contributed by atoms with E-state index in [9.17, 15) is 9.59 Å². The van der Waals surface area contributed by atoms with Gasteiger partial charge in [-0.15, -0.1) is 0 Å². The van der Waals surface area contributed by atoms with Gasteiger partial charge in [-0.3, -0.25) is 4.79 Å². The summed E-state index contributed by atoms with van der Waals surface area (Å²) in [6.07, 6.45) is 3.89. The highest BCUT2D eigenvalue weighted by Gasteiger charge is 2.49. The zero-order chi connectivity index (χ0) is 20.2. The molecule has 2 aromatic carbocycles. The molecule has 0 bridgehead atoms. The van der Waals surface area contributed by atoms with Gasteiger partial charge >= 0.3 is 6.09 Å². The quantitative estimate of drug-likeness (QED) is 0.844. The summed E-state index contributed by atoms with van der Waals surface area (Å²) in [5, 5.41) is 0. The van der Waals surface area contributed by atoms with Crippen LogP contribution in [-0.4, -0.2) is 23.4 Å². The van der Waals surface area contributed by atoms with Crippen molar-refractivity contribution >= 4 is 12.0 Å². The summed E-state index contributed by atoms with van der Waals surface area (Å²) < 4.78 is 5.66. The highest BCUT2D eigenvalue weighted by Crippen LogP contribution is 2.47. The first-order valence-corrected chi connectivity index (χ1v) is 10.5. The van der Waals surface area contributed by atoms with Crippen LogP contribution in [0.15, 0.2) is 60.7 Å². The molecule has 152 valence electrons. The minimum Gasteiger partial charge on any atom is -0.445 e. The van der Waals surface area contributed by atoms with Crippen LogP contribution in [0.3, 0.4) is 0 Å². The molecule has 1 aliphatic heterocycles. The molecule has 5 heteroatoms. The van der Waals surface area contributed by atoms with Crippen LogP contribution in [0.1, 0.15) is 42.9 Å². The molecule has 2 fully saturated rings. The first-order valence-electron chi connectivity index (χ1n) is 10.5. The van der Waals surface area contributed by atoms with Crippen molar-refractivity contribution < 1.29 is 14.3 Å². The van der Waals surface area contributed by atoms with Gasteiger partial charge in [-0.2, -0.15) is 0 Å². The lowest BCUT2D eigenvalue weighted by molar-refractivity contribution is -0.131. The van der Waals surface area contributed by atoms with E-state index in [-0.39, 0.29) is 36.5 Å². The van der Waals surface area contributed by atoms with Crippen LogP contribution in [0.4, 0.5) is 4.79 Å². The number of amides is 2. The third kappa shape index (κ3) is 4.14. The number of ether oxygens (including phenoxy) is 1. The van der Waals surface area contributed by atoms with Crippen molar-refractivity contribution in [1.29, 1.82) is 0 Å². The lowest BCUT2D eigenvalue weighted by Gasteiger charge is -2.49. The van der Waals surface area contributed by atoms with Crippen LogP contribution < -0.4 is 5.73 Å². The standard InChI is InChI=1S/C24H28N2O3/c25-23(27)21-20-14-8-7-13-19(20)15-26(22(21)18-11-5-2-6-12-18)24(28)29-16-17-9-3-1-4-10-17/h1-6,9-12,19-22H,7-8,13-16H2,(H2,25,27). The number of piperidine rings is 1. The Labute approximate surface area is 171 Å². The molecule has 1 heterocycles. The molecule has 0 radical (unpaired) electrons. The summed E-state index contributed by atoms with van der Waals surface area (Å²) in [4.78, 5) is 27.5. The van der Waals surface area contributed by atoms with Crippen molar-refractivity contribution in [3.63, 3.8) is 0 Å². The van der Waals surface area contributed by atoms with Gasteiger partial charge in [0.05, 0.1) is 12.0 Å². The first-order chi connectivity index (χ1) is 14.1. The number of nitrogens with zero attached hydrogens (tertiary/aromatic N) is 1. The van der Waals surface area contributed by atoms with E-state index in [0.717, 1.165) is 36.8 Å². The fraction of sp³-hybridized carbons (Fsp3) is 0.417. The van der Waals surface area contributed by atoms with Crippen molar-refractivity contribution in [2.24, 2.45) is 23.5 Å². The molecule has 0 aromatic heterocycles. The van der Waals surface area contributed by atoms with E-state index < -0.39 is 0 Å². The molecule has 2 aliphatic rings. The number of fused-ring (bicyclic) bond motifs is 1. The van der Waals surface area contributed by atoms with E-state index in [1.54, 1.807) is 4.90 Å². The Kier molecular flexibility index (Phi) is 5.84. The topological polar surface area (TPSA) is 72.6 Å². The van der Waals surface area contributed by atoms with E-state index in [2.05, 4.69) is 0 Å². The fourth-order valence-corrected chi connectivity index (χ4v) is 5.12. The molecule has 4 unspecified atom stereocenters. The van der Waals surface area contributed by atoms with Crippen molar-refractivity contribution in [2.75, 3.05) is 6.54 Å². The van der Waals surface area contributed by atoms with Gasteiger partial charge in [-0.25, -0.2) is 4.79 Å². The number of likely N-dealkylation sites (tertiary alicyclic amines) is 1. The third-order valence-corrected chi connectivity index (χ3v) is 6.45. The Morgan fingerprint density at radius 3 is 2.31 bits per heavy atom. The molecule has 1 aliphatic carbocycles. The lowest BCUT2D eigenvalue weighted by atomic mass is 9.65. The van der Waals surface area contributed by atoms with E-state index in [0.29, 0.717) is 12.5 Å². The van der Waals surface area contributed by atoms with Crippen LogP contribution in [-0.2, 0) is 16.1 Å². The number of nitrogens with two attached hydrogens (primary N) is 1. The third-order valence-electron chi connectivity index (χ3n) is 6.45. The van der Waals surface area contributed by atoms with Crippen molar-refractivity contribution in [2.45, 2.75) is 38.3 Å². The molecule has 4 atom stereocenters. The maximum atomic E-state index is 13.1. The van der Waals surface area contributed by atoms with E-state index >= 15 is 0 Å². The maximum absolute atomic E-state index is 13.1. The van der Waals surface area contributed by atoms with Crippen LogP contribution in [0.25, 0.3) is 0 Å². The number of benzene rings is 2. The van der Waals surface area contributed by atoms with E-state index in [1.165, 1.54) is 0 Å². The molecule has 1 saturated carbocycles. The second kappa shape index (κ2) is 8.68. The summed E-state index contributed by atoms with van der Waals surface area (Å²) in [5.74, 6) is -0.188. The number of hydrogen-bond donors (Lipinski definition) is 1. The van der Waals surface area contributed by atoms with Crippen LogP contribution >= 0.6 is 0 Å². The summed E-state index contributed by atoms with van der Waals surface area (Å²) in [6.45, 7) is 0.828. The monoisotopic (exact) mass is 392 g/mol. The Morgan fingerprint density at radius 2 is 1.62 bits per heavy atom. The maximum Gasteiger partial charge on any atom is 0.410 e. The largest absolute Gasteiger partial charge is 0.445 e. The normalized spacial score (nSPS) is 26.4.